The van der Waals surface area contributed by atoms with Crippen LogP contribution in [0.25, 0.3) is 10.9 Å². The third-order valence-corrected chi connectivity index (χ3v) is 5.49. The van der Waals surface area contributed by atoms with Gasteiger partial charge >= 0.3 is 6.18 Å². The Balaban J connectivity index is 1.78. The number of anilines is 1. The van der Waals surface area contributed by atoms with E-state index in [-0.39, 0.29) is 34.4 Å². The molecule has 4 rings (SSSR count). The molecule has 2 fully saturated rings. The van der Waals surface area contributed by atoms with Crippen LogP contribution >= 0.6 is 0 Å². The van der Waals surface area contributed by atoms with Gasteiger partial charge in [-0.1, -0.05) is 0 Å². The summed E-state index contributed by atoms with van der Waals surface area (Å²) in [6, 6.07) is 3.97. The second-order valence-electron chi connectivity index (χ2n) is 7.58. The number of alkyl halides is 4. The number of carbonyl (C=O) groups is 1. The number of hydrogen-bond donors (Lipinski definition) is 3. The van der Waals surface area contributed by atoms with Crippen molar-refractivity contribution in [1.82, 2.24) is 15.6 Å². The SMILES string of the molecule is Cc1cc(C(F)(F)F)c2nc([C@@H]3CNC[C@@H]3F)ccc2c1NC(=O)C1CNCCO1. The van der Waals surface area contributed by atoms with E-state index in [1.807, 2.05) is 0 Å². The van der Waals surface area contributed by atoms with Crippen molar-refractivity contribution in [2.24, 2.45) is 0 Å². The van der Waals surface area contributed by atoms with Crippen molar-refractivity contribution in [2.45, 2.75) is 31.3 Å². The standard InChI is InChI=1S/C20H22F4N4O2/c1-10-6-13(20(22,23)24)18-11(2-3-15(27-18)12-7-26-8-14(12)21)17(10)28-19(29)16-9-25-4-5-30-16/h2-3,6,12,14,16,25-26H,4-5,7-9H2,1H3,(H,28,29)/t12-,14+,16?/m1/s1. The molecule has 0 saturated carbocycles. The highest BCUT2D eigenvalue weighted by Gasteiger charge is 2.36. The Bertz CT molecular complexity index is 960. The zero-order chi connectivity index (χ0) is 21.5. The van der Waals surface area contributed by atoms with Gasteiger partial charge in [0.2, 0.25) is 0 Å². The lowest BCUT2D eigenvalue weighted by molar-refractivity contribution is -0.136. The van der Waals surface area contributed by atoms with Gasteiger partial charge in [-0.2, -0.15) is 13.2 Å². The lowest BCUT2D eigenvalue weighted by atomic mass is 9.98. The minimum atomic E-state index is -4.64. The van der Waals surface area contributed by atoms with Gasteiger partial charge in [0, 0.05) is 43.2 Å². The molecule has 10 heteroatoms. The van der Waals surface area contributed by atoms with Crippen molar-refractivity contribution >= 4 is 22.5 Å². The average molecular weight is 426 g/mol. The van der Waals surface area contributed by atoms with E-state index in [9.17, 15) is 22.4 Å². The van der Waals surface area contributed by atoms with Gasteiger partial charge in [0.25, 0.3) is 5.91 Å². The Kier molecular flexibility index (Phi) is 5.65. The Hall–Kier alpha value is -2.30. The molecule has 3 atom stereocenters. The van der Waals surface area contributed by atoms with Crippen molar-refractivity contribution in [2.75, 3.05) is 38.1 Å². The molecule has 1 aromatic heterocycles. The second-order valence-corrected chi connectivity index (χ2v) is 7.58. The van der Waals surface area contributed by atoms with Crippen molar-refractivity contribution in [3.8, 4) is 0 Å². The summed E-state index contributed by atoms with van der Waals surface area (Å²) in [6.45, 7) is 3.26. The van der Waals surface area contributed by atoms with E-state index in [1.165, 1.54) is 19.1 Å². The summed E-state index contributed by atoms with van der Waals surface area (Å²) in [5.41, 5.74) is -0.453. The van der Waals surface area contributed by atoms with Crippen LogP contribution in [-0.2, 0) is 15.7 Å². The van der Waals surface area contributed by atoms with Crippen LogP contribution in [0.2, 0.25) is 0 Å². The van der Waals surface area contributed by atoms with E-state index < -0.39 is 35.8 Å². The lowest BCUT2D eigenvalue weighted by Gasteiger charge is -2.24. The fraction of sp³-hybridized carbons (Fsp3) is 0.500. The van der Waals surface area contributed by atoms with Gasteiger partial charge in [-0.05, 0) is 30.7 Å². The molecule has 2 aliphatic rings. The summed E-state index contributed by atoms with van der Waals surface area (Å²) < 4.78 is 60.7. The number of hydrogen-bond acceptors (Lipinski definition) is 5. The normalized spacial score (nSPS) is 24.9. The zero-order valence-corrected chi connectivity index (χ0v) is 16.3. The number of amides is 1. The highest BCUT2D eigenvalue weighted by molar-refractivity contribution is 6.05. The number of benzene rings is 1. The Morgan fingerprint density at radius 1 is 1.23 bits per heavy atom. The number of aryl methyl sites for hydroxylation is 1. The van der Waals surface area contributed by atoms with E-state index in [1.54, 1.807) is 0 Å². The number of rotatable bonds is 3. The van der Waals surface area contributed by atoms with Crippen molar-refractivity contribution < 1.29 is 27.1 Å². The van der Waals surface area contributed by atoms with Crippen LogP contribution in [0, 0.1) is 6.92 Å². The van der Waals surface area contributed by atoms with Gasteiger partial charge in [-0.3, -0.25) is 9.78 Å². The molecule has 3 N–H and O–H groups in total. The fourth-order valence-corrected chi connectivity index (χ4v) is 3.91. The third kappa shape index (κ3) is 3.99. The van der Waals surface area contributed by atoms with Crippen molar-refractivity contribution in [1.29, 1.82) is 0 Å². The quantitative estimate of drug-likeness (QED) is 0.658. The first kappa shape index (κ1) is 21.0. The van der Waals surface area contributed by atoms with Gasteiger partial charge in [-0.15, -0.1) is 0 Å². The molecule has 0 aliphatic carbocycles. The topological polar surface area (TPSA) is 75.3 Å². The molecular formula is C20H22F4N4O2. The summed E-state index contributed by atoms with van der Waals surface area (Å²) in [5.74, 6) is -1.06. The zero-order valence-electron chi connectivity index (χ0n) is 16.3. The summed E-state index contributed by atoms with van der Waals surface area (Å²) in [6.07, 6.45) is -6.60. The smallest absolute Gasteiger partial charge is 0.366 e. The molecule has 0 spiro atoms. The van der Waals surface area contributed by atoms with Crippen molar-refractivity contribution in [3.63, 3.8) is 0 Å². The number of ether oxygens (including phenoxy) is 1. The molecule has 1 unspecified atom stereocenters. The number of nitrogens with zero attached hydrogens (tertiary/aromatic N) is 1. The van der Waals surface area contributed by atoms with E-state index in [0.717, 1.165) is 6.07 Å². The number of nitrogens with one attached hydrogen (secondary N) is 3. The predicted octanol–water partition coefficient (Wildman–Crippen LogP) is 2.51. The number of pyridine rings is 1. The monoisotopic (exact) mass is 426 g/mol. The molecule has 2 saturated heterocycles. The fourth-order valence-electron chi connectivity index (χ4n) is 3.91. The first-order chi connectivity index (χ1) is 14.3. The molecule has 3 heterocycles. The summed E-state index contributed by atoms with van der Waals surface area (Å²) >= 11 is 0. The van der Waals surface area contributed by atoms with Crippen LogP contribution in [0.15, 0.2) is 18.2 Å². The number of carbonyl (C=O) groups excluding carboxylic acids is 1. The number of fused-ring (bicyclic) bond motifs is 1. The number of aromatic nitrogens is 1. The van der Waals surface area contributed by atoms with E-state index in [2.05, 4.69) is 20.9 Å². The molecule has 30 heavy (non-hydrogen) atoms. The molecule has 0 radical (unpaired) electrons. The number of halogens is 4. The minimum Gasteiger partial charge on any atom is -0.366 e. The average Bonchev–Trinajstić information content (AvgIpc) is 3.15. The lowest BCUT2D eigenvalue weighted by Crippen LogP contribution is -2.45. The number of morpholine rings is 1. The van der Waals surface area contributed by atoms with Gasteiger partial charge in [0.05, 0.1) is 23.4 Å². The molecule has 2 aromatic rings. The molecular weight excluding hydrogens is 404 g/mol. The maximum atomic E-state index is 14.1. The first-order valence-corrected chi connectivity index (χ1v) is 9.75. The predicted molar refractivity (Wildman–Crippen MR) is 103 cm³/mol. The molecule has 1 aromatic carbocycles. The molecule has 1 amide bonds. The maximum Gasteiger partial charge on any atom is 0.418 e. The Morgan fingerprint density at radius 3 is 2.67 bits per heavy atom. The van der Waals surface area contributed by atoms with E-state index in [4.69, 9.17) is 4.74 Å². The first-order valence-electron chi connectivity index (χ1n) is 9.75. The third-order valence-electron chi connectivity index (χ3n) is 5.49. The molecule has 6 nitrogen and oxygen atoms in total. The maximum absolute atomic E-state index is 14.1. The van der Waals surface area contributed by atoms with Crippen LogP contribution in [0.4, 0.5) is 23.2 Å². The highest BCUT2D eigenvalue weighted by Crippen LogP contribution is 2.39. The summed E-state index contributed by atoms with van der Waals surface area (Å²) in [5, 5.41) is 8.78. The molecule has 162 valence electrons. The van der Waals surface area contributed by atoms with Crippen LogP contribution in [-0.4, -0.2) is 56.0 Å². The van der Waals surface area contributed by atoms with Crippen molar-refractivity contribution in [3.05, 3.63) is 35.0 Å². The second kappa shape index (κ2) is 8.09. The van der Waals surface area contributed by atoms with Gasteiger partial charge < -0.3 is 20.7 Å². The van der Waals surface area contributed by atoms with Crippen LogP contribution in [0.5, 0.6) is 0 Å². The minimum absolute atomic E-state index is 0.140. The Labute approximate surface area is 170 Å². The Morgan fingerprint density at radius 2 is 2.03 bits per heavy atom. The summed E-state index contributed by atoms with van der Waals surface area (Å²) in [4.78, 5) is 16.8. The van der Waals surface area contributed by atoms with Gasteiger partial charge in [0.15, 0.2) is 0 Å². The molecule has 0 bridgehead atoms. The highest BCUT2D eigenvalue weighted by atomic mass is 19.4. The largest absolute Gasteiger partial charge is 0.418 e. The van der Waals surface area contributed by atoms with Gasteiger partial charge in [0.1, 0.15) is 12.3 Å². The van der Waals surface area contributed by atoms with Crippen LogP contribution in [0.1, 0.15) is 22.7 Å². The van der Waals surface area contributed by atoms with E-state index >= 15 is 0 Å². The molecule has 2 aliphatic heterocycles. The summed E-state index contributed by atoms with van der Waals surface area (Å²) in [7, 11) is 0. The van der Waals surface area contributed by atoms with Crippen LogP contribution < -0.4 is 16.0 Å². The van der Waals surface area contributed by atoms with Gasteiger partial charge in [-0.25, -0.2) is 4.39 Å². The van der Waals surface area contributed by atoms with Crippen LogP contribution in [0.3, 0.4) is 0 Å². The van der Waals surface area contributed by atoms with E-state index in [0.29, 0.717) is 26.2 Å².